The van der Waals surface area contributed by atoms with E-state index in [0.717, 1.165) is 7.11 Å². The number of hydrogen-bond acceptors (Lipinski definition) is 7. The molecule has 126 valence electrons. The van der Waals surface area contributed by atoms with Gasteiger partial charge in [0.1, 0.15) is 11.8 Å². The predicted octanol–water partition coefficient (Wildman–Crippen LogP) is 0.384. The van der Waals surface area contributed by atoms with Gasteiger partial charge in [0.05, 0.1) is 26.2 Å². The lowest BCUT2D eigenvalue weighted by atomic mass is 10.1. The molecular weight excluding hydrogens is 318 g/mol. The summed E-state index contributed by atoms with van der Waals surface area (Å²) in [5.74, 6) is -2.23. The molecule has 24 heavy (non-hydrogen) atoms. The van der Waals surface area contributed by atoms with Crippen LogP contribution >= 0.6 is 0 Å². The number of hydrogen-bond donors (Lipinski definition) is 2. The maximum absolute atomic E-state index is 12.2. The van der Waals surface area contributed by atoms with Gasteiger partial charge in [-0.25, -0.2) is 4.79 Å². The number of carboxylic acid groups (broad SMARTS) is 1. The highest BCUT2D eigenvalue weighted by molar-refractivity contribution is 5.98. The fraction of sp³-hybridized carbons (Fsp3) is 0.267. The summed E-state index contributed by atoms with van der Waals surface area (Å²) >= 11 is 0. The molecule has 2 N–H and O–H groups in total. The Kier molecular flexibility index (Phi) is 5.25. The summed E-state index contributed by atoms with van der Waals surface area (Å²) in [7, 11) is 2.62. The summed E-state index contributed by atoms with van der Waals surface area (Å²) in [6.07, 6.45) is -0.601. The summed E-state index contributed by atoms with van der Waals surface area (Å²) < 4.78 is 9.55. The van der Waals surface area contributed by atoms with Gasteiger partial charge in [-0.3, -0.25) is 9.59 Å². The van der Waals surface area contributed by atoms with Crippen molar-refractivity contribution >= 4 is 28.7 Å². The van der Waals surface area contributed by atoms with E-state index in [4.69, 9.17) is 9.84 Å². The van der Waals surface area contributed by atoms with Crippen molar-refractivity contribution in [3.63, 3.8) is 0 Å². The van der Waals surface area contributed by atoms with Crippen LogP contribution in [0.25, 0.3) is 10.9 Å². The van der Waals surface area contributed by atoms with E-state index in [1.807, 2.05) is 0 Å². The highest BCUT2D eigenvalue weighted by Crippen LogP contribution is 2.18. The number of esters is 1. The quantitative estimate of drug-likeness (QED) is 0.726. The van der Waals surface area contributed by atoms with Crippen molar-refractivity contribution in [1.82, 2.24) is 15.5 Å². The van der Waals surface area contributed by atoms with Crippen molar-refractivity contribution in [2.75, 3.05) is 14.2 Å². The zero-order chi connectivity index (χ0) is 17.7. The molecule has 1 atom stereocenters. The summed E-state index contributed by atoms with van der Waals surface area (Å²) in [6.45, 7) is 0. The van der Waals surface area contributed by atoms with Gasteiger partial charge in [-0.2, -0.15) is 0 Å². The molecule has 0 aliphatic rings. The summed E-state index contributed by atoms with van der Waals surface area (Å²) in [5, 5.41) is 19.4. The van der Waals surface area contributed by atoms with Crippen LogP contribution in [0.1, 0.15) is 16.9 Å². The number of carbonyl (C=O) groups excluding carboxylic acids is 2. The molecule has 0 saturated carbocycles. The van der Waals surface area contributed by atoms with Crippen LogP contribution in [0.3, 0.4) is 0 Å². The Morgan fingerprint density at radius 3 is 2.58 bits per heavy atom. The van der Waals surface area contributed by atoms with Crippen molar-refractivity contribution < 1.29 is 29.0 Å². The lowest BCUT2D eigenvalue weighted by Crippen LogP contribution is -2.43. The maximum Gasteiger partial charge on any atom is 0.328 e. The Labute approximate surface area is 136 Å². The molecule has 1 heterocycles. The minimum absolute atomic E-state index is 0.0491. The first-order chi connectivity index (χ1) is 11.4. The average Bonchev–Trinajstić information content (AvgIpc) is 2.58. The number of nitrogens with one attached hydrogen (secondary N) is 1. The van der Waals surface area contributed by atoms with Crippen LogP contribution in [0.5, 0.6) is 5.75 Å². The second-order valence-electron chi connectivity index (χ2n) is 4.80. The van der Waals surface area contributed by atoms with Gasteiger partial charge >= 0.3 is 11.9 Å². The number of nitrogens with zero attached hydrogens (tertiary/aromatic N) is 2. The Morgan fingerprint density at radius 1 is 1.21 bits per heavy atom. The second-order valence-corrected chi connectivity index (χ2v) is 4.80. The van der Waals surface area contributed by atoms with Crippen LogP contribution < -0.4 is 10.1 Å². The van der Waals surface area contributed by atoms with Crippen molar-refractivity contribution in [3.05, 3.63) is 30.0 Å². The Hall–Kier alpha value is -3.23. The van der Waals surface area contributed by atoms with E-state index in [1.165, 1.54) is 13.2 Å². The van der Waals surface area contributed by atoms with Gasteiger partial charge in [0.15, 0.2) is 5.69 Å². The van der Waals surface area contributed by atoms with Crippen molar-refractivity contribution in [1.29, 1.82) is 0 Å². The molecule has 0 radical (unpaired) electrons. The molecule has 0 spiro atoms. The topological polar surface area (TPSA) is 128 Å². The fourth-order valence-corrected chi connectivity index (χ4v) is 2.00. The number of amides is 1. The normalized spacial score (nSPS) is 11.6. The summed E-state index contributed by atoms with van der Waals surface area (Å²) in [6, 6.07) is 5.23. The zero-order valence-electron chi connectivity index (χ0n) is 13.0. The molecule has 1 aromatic heterocycles. The number of fused-ring (bicyclic) bond motifs is 1. The van der Waals surface area contributed by atoms with Crippen LogP contribution in [-0.4, -0.2) is 53.4 Å². The number of rotatable bonds is 6. The van der Waals surface area contributed by atoms with E-state index in [2.05, 4.69) is 20.3 Å². The minimum Gasteiger partial charge on any atom is -0.497 e. The number of aliphatic carboxylic acids is 1. The van der Waals surface area contributed by atoms with E-state index in [-0.39, 0.29) is 5.69 Å². The van der Waals surface area contributed by atoms with E-state index in [0.29, 0.717) is 16.7 Å². The van der Waals surface area contributed by atoms with E-state index in [9.17, 15) is 14.4 Å². The van der Waals surface area contributed by atoms with Gasteiger partial charge in [0.2, 0.25) is 0 Å². The molecule has 0 fully saturated rings. The third-order valence-electron chi connectivity index (χ3n) is 3.20. The number of methoxy groups -OCH3 is 2. The molecule has 0 unspecified atom stereocenters. The lowest BCUT2D eigenvalue weighted by molar-refractivity contribution is -0.147. The molecule has 0 aliphatic heterocycles. The maximum atomic E-state index is 12.2. The van der Waals surface area contributed by atoms with Gasteiger partial charge in [-0.05, 0) is 18.2 Å². The van der Waals surface area contributed by atoms with Crippen LogP contribution in [0, 0.1) is 0 Å². The molecular formula is C15H15N3O6. The largest absolute Gasteiger partial charge is 0.497 e. The highest BCUT2D eigenvalue weighted by atomic mass is 16.5. The van der Waals surface area contributed by atoms with Gasteiger partial charge in [0.25, 0.3) is 5.91 Å². The van der Waals surface area contributed by atoms with E-state index < -0.39 is 30.3 Å². The minimum atomic E-state index is -1.31. The molecule has 2 rings (SSSR count). The monoisotopic (exact) mass is 333 g/mol. The van der Waals surface area contributed by atoms with E-state index in [1.54, 1.807) is 18.2 Å². The Bertz CT molecular complexity index is 792. The predicted molar refractivity (Wildman–Crippen MR) is 81.6 cm³/mol. The molecule has 0 aliphatic carbocycles. The number of carbonyl (C=O) groups is 3. The fourth-order valence-electron chi connectivity index (χ4n) is 2.00. The smallest absolute Gasteiger partial charge is 0.328 e. The van der Waals surface area contributed by atoms with Gasteiger partial charge in [-0.15, -0.1) is 10.2 Å². The third-order valence-corrected chi connectivity index (χ3v) is 3.20. The van der Waals surface area contributed by atoms with Crippen LogP contribution in [0.2, 0.25) is 0 Å². The van der Waals surface area contributed by atoms with Crippen LogP contribution in [0.15, 0.2) is 24.3 Å². The Morgan fingerprint density at radius 2 is 1.96 bits per heavy atom. The molecule has 1 aromatic carbocycles. The Balaban J connectivity index is 2.23. The molecule has 0 bridgehead atoms. The second kappa shape index (κ2) is 7.36. The summed E-state index contributed by atoms with van der Waals surface area (Å²) in [5.41, 5.74) is 0.480. The van der Waals surface area contributed by atoms with Crippen LogP contribution in [0.4, 0.5) is 0 Å². The van der Waals surface area contributed by atoms with Gasteiger partial charge < -0.3 is 19.9 Å². The molecule has 9 nitrogen and oxygen atoms in total. The van der Waals surface area contributed by atoms with E-state index >= 15 is 0 Å². The molecule has 0 saturated heterocycles. The molecule has 1 amide bonds. The third kappa shape index (κ3) is 3.94. The number of ether oxygens (including phenoxy) is 2. The van der Waals surface area contributed by atoms with Crippen LogP contribution in [-0.2, 0) is 14.3 Å². The first-order valence-corrected chi connectivity index (χ1v) is 6.86. The lowest BCUT2D eigenvalue weighted by Gasteiger charge is -2.14. The number of aromatic nitrogens is 2. The van der Waals surface area contributed by atoms with Crippen molar-refractivity contribution in [2.24, 2.45) is 0 Å². The zero-order valence-corrected chi connectivity index (χ0v) is 13.0. The SMILES string of the molecule is COC(=O)[C@H](CC(=O)O)NC(=O)c1cc2ccc(OC)cc2nn1. The number of benzene rings is 1. The summed E-state index contributed by atoms with van der Waals surface area (Å²) in [4.78, 5) is 34.5. The standard InChI is InChI=1S/C15H15N3O6/c1-23-9-4-3-8-5-11(18-17-10(8)6-9)14(21)16-12(7-13(19)20)15(22)24-2/h3-6,12H,7H2,1-2H3,(H,16,21)(H,19,20)/t12-/m0/s1. The molecule has 9 heteroatoms. The first-order valence-electron chi connectivity index (χ1n) is 6.86. The van der Waals surface area contributed by atoms with Gasteiger partial charge in [-0.1, -0.05) is 0 Å². The van der Waals surface area contributed by atoms with Gasteiger partial charge in [0, 0.05) is 11.5 Å². The number of carboxylic acids is 1. The van der Waals surface area contributed by atoms with Crippen molar-refractivity contribution in [2.45, 2.75) is 12.5 Å². The highest BCUT2D eigenvalue weighted by Gasteiger charge is 2.25. The average molecular weight is 333 g/mol. The first kappa shape index (κ1) is 17.1. The molecule has 2 aromatic rings. The van der Waals surface area contributed by atoms with Crippen molar-refractivity contribution in [3.8, 4) is 5.75 Å².